The summed E-state index contributed by atoms with van der Waals surface area (Å²) in [6, 6.07) is 20.6. The number of hydrogen-bond donors (Lipinski definition) is 0. The summed E-state index contributed by atoms with van der Waals surface area (Å²) < 4.78 is 28.2. The Kier molecular flexibility index (Phi) is 6.48. The maximum absolute atomic E-state index is 13.5. The van der Waals surface area contributed by atoms with E-state index >= 15 is 0 Å². The zero-order valence-corrected chi connectivity index (χ0v) is 18.6. The van der Waals surface area contributed by atoms with E-state index in [2.05, 4.69) is 0 Å². The molecule has 0 fully saturated rings. The van der Waals surface area contributed by atoms with Gasteiger partial charge in [0.25, 0.3) is 10.0 Å². The molecule has 0 saturated carbocycles. The first-order valence-corrected chi connectivity index (χ1v) is 11.2. The van der Waals surface area contributed by atoms with Crippen LogP contribution in [0, 0.1) is 13.8 Å². The third-order valence-electron chi connectivity index (χ3n) is 4.85. The van der Waals surface area contributed by atoms with Crippen molar-refractivity contribution in [1.29, 1.82) is 0 Å². The Labute approximate surface area is 182 Å². The molecule has 0 unspecified atom stereocenters. The number of carbonyl (C=O) groups excluding carboxylic acids is 1. The van der Waals surface area contributed by atoms with E-state index < -0.39 is 10.0 Å². The highest BCUT2D eigenvalue weighted by molar-refractivity contribution is 7.92. The van der Waals surface area contributed by atoms with Gasteiger partial charge in [-0.3, -0.25) is 9.10 Å². The molecule has 0 aliphatic carbocycles. The van der Waals surface area contributed by atoms with Crippen molar-refractivity contribution in [2.24, 2.45) is 0 Å². The Morgan fingerprint density at radius 1 is 0.933 bits per heavy atom. The van der Waals surface area contributed by atoms with Crippen LogP contribution >= 0.6 is 11.6 Å². The van der Waals surface area contributed by atoms with Gasteiger partial charge in [-0.2, -0.15) is 0 Å². The number of anilines is 2. The number of amides is 1. The second-order valence-corrected chi connectivity index (χ2v) is 9.34. The molecule has 0 atom stereocenters. The summed E-state index contributed by atoms with van der Waals surface area (Å²) in [4.78, 5) is 14.6. The minimum atomic E-state index is -3.99. The zero-order chi connectivity index (χ0) is 21.9. The van der Waals surface area contributed by atoms with Crippen molar-refractivity contribution in [3.8, 4) is 0 Å². The molecule has 3 aromatic carbocycles. The van der Waals surface area contributed by atoms with Gasteiger partial charge in [-0.05, 0) is 55.8 Å². The molecule has 30 heavy (non-hydrogen) atoms. The van der Waals surface area contributed by atoms with Crippen molar-refractivity contribution in [2.45, 2.75) is 18.7 Å². The van der Waals surface area contributed by atoms with E-state index in [4.69, 9.17) is 11.6 Å². The number of benzene rings is 3. The van der Waals surface area contributed by atoms with Crippen molar-refractivity contribution in [3.05, 3.63) is 88.9 Å². The number of carbonyl (C=O) groups is 1. The van der Waals surface area contributed by atoms with Gasteiger partial charge in [0.15, 0.2) is 0 Å². The van der Waals surface area contributed by atoms with Crippen molar-refractivity contribution >= 4 is 38.9 Å². The van der Waals surface area contributed by atoms with Gasteiger partial charge in [0.05, 0.1) is 10.6 Å². The van der Waals surface area contributed by atoms with E-state index in [0.29, 0.717) is 22.0 Å². The normalized spacial score (nSPS) is 11.2. The predicted octanol–water partition coefficient (Wildman–Crippen LogP) is 4.82. The van der Waals surface area contributed by atoms with Gasteiger partial charge in [0.2, 0.25) is 5.91 Å². The van der Waals surface area contributed by atoms with E-state index in [1.54, 1.807) is 68.6 Å². The summed E-state index contributed by atoms with van der Waals surface area (Å²) >= 11 is 6.16. The Bertz CT molecular complexity index is 1150. The SMILES string of the molecule is Cc1ccc(S(=O)(=O)N(CC(=O)N(C)c2ccccc2)c2cc(Cl)ccc2C)cc1. The van der Waals surface area contributed by atoms with Gasteiger partial charge in [0, 0.05) is 17.8 Å². The Balaban J connectivity index is 2.05. The Morgan fingerprint density at radius 3 is 2.20 bits per heavy atom. The van der Waals surface area contributed by atoms with Crippen LogP contribution in [-0.2, 0) is 14.8 Å². The molecule has 3 aromatic rings. The Hall–Kier alpha value is -2.83. The molecule has 0 aromatic heterocycles. The highest BCUT2D eigenvalue weighted by Gasteiger charge is 2.29. The first kappa shape index (κ1) is 21.9. The molecule has 0 N–H and O–H groups in total. The van der Waals surface area contributed by atoms with Gasteiger partial charge >= 0.3 is 0 Å². The van der Waals surface area contributed by atoms with Crippen LogP contribution in [0.25, 0.3) is 0 Å². The van der Waals surface area contributed by atoms with Crippen molar-refractivity contribution < 1.29 is 13.2 Å². The molecule has 0 aliphatic rings. The summed E-state index contributed by atoms with van der Waals surface area (Å²) in [5, 5.41) is 0.392. The summed E-state index contributed by atoms with van der Waals surface area (Å²) in [6.45, 7) is 3.31. The molecular formula is C23H23ClN2O3S. The second-order valence-electron chi connectivity index (χ2n) is 7.04. The molecule has 156 valence electrons. The number of aryl methyl sites for hydroxylation is 2. The lowest BCUT2D eigenvalue weighted by molar-refractivity contribution is -0.116. The number of nitrogens with zero attached hydrogens (tertiary/aromatic N) is 2. The lowest BCUT2D eigenvalue weighted by Crippen LogP contribution is -2.42. The second kappa shape index (κ2) is 8.90. The minimum absolute atomic E-state index is 0.114. The molecule has 0 bridgehead atoms. The number of rotatable bonds is 6. The van der Waals surface area contributed by atoms with Gasteiger partial charge in [-0.25, -0.2) is 8.42 Å². The van der Waals surface area contributed by atoms with Crippen molar-refractivity contribution in [2.75, 3.05) is 22.8 Å². The van der Waals surface area contributed by atoms with Crippen LogP contribution in [-0.4, -0.2) is 27.9 Å². The fourth-order valence-electron chi connectivity index (χ4n) is 3.01. The molecule has 0 saturated heterocycles. The van der Waals surface area contributed by atoms with Crippen LogP contribution in [0.2, 0.25) is 5.02 Å². The van der Waals surface area contributed by atoms with Crippen molar-refractivity contribution in [1.82, 2.24) is 0 Å². The van der Waals surface area contributed by atoms with E-state index in [-0.39, 0.29) is 17.3 Å². The van der Waals surface area contributed by atoms with Crippen molar-refractivity contribution in [3.63, 3.8) is 0 Å². The monoisotopic (exact) mass is 442 g/mol. The third-order valence-corrected chi connectivity index (χ3v) is 6.85. The van der Waals surface area contributed by atoms with Gasteiger partial charge in [-0.15, -0.1) is 0 Å². The minimum Gasteiger partial charge on any atom is -0.314 e. The summed E-state index contributed by atoms with van der Waals surface area (Å²) in [7, 11) is -2.37. The standard InChI is InChI=1S/C23H23ClN2O3S/c1-17-9-13-21(14-10-17)30(28,29)26(22-15-19(24)12-11-18(22)2)16-23(27)25(3)20-7-5-4-6-8-20/h4-15H,16H2,1-3H3. The maximum Gasteiger partial charge on any atom is 0.264 e. The van der Waals surface area contributed by atoms with E-state index in [1.165, 1.54) is 4.90 Å². The molecule has 0 heterocycles. The van der Waals surface area contributed by atoms with Crippen LogP contribution in [0.15, 0.2) is 77.7 Å². The average Bonchev–Trinajstić information content (AvgIpc) is 2.74. The van der Waals surface area contributed by atoms with Crippen LogP contribution in [0.5, 0.6) is 0 Å². The number of para-hydroxylation sites is 1. The van der Waals surface area contributed by atoms with Crippen LogP contribution in [0.1, 0.15) is 11.1 Å². The summed E-state index contributed by atoms with van der Waals surface area (Å²) in [5.41, 5.74) is 2.69. The Morgan fingerprint density at radius 2 is 1.57 bits per heavy atom. The predicted molar refractivity (Wildman–Crippen MR) is 122 cm³/mol. The molecular weight excluding hydrogens is 420 g/mol. The largest absolute Gasteiger partial charge is 0.314 e. The summed E-state index contributed by atoms with van der Waals surface area (Å²) in [6.07, 6.45) is 0. The maximum atomic E-state index is 13.5. The molecule has 7 heteroatoms. The molecule has 0 aliphatic heterocycles. The van der Waals surface area contributed by atoms with Crippen LogP contribution < -0.4 is 9.21 Å². The van der Waals surface area contributed by atoms with Crippen LogP contribution in [0.3, 0.4) is 0 Å². The van der Waals surface area contributed by atoms with Crippen LogP contribution in [0.4, 0.5) is 11.4 Å². The smallest absolute Gasteiger partial charge is 0.264 e. The fourth-order valence-corrected chi connectivity index (χ4v) is 4.65. The van der Waals surface area contributed by atoms with Gasteiger partial charge in [0.1, 0.15) is 6.54 Å². The average molecular weight is 443 g/mol. The number of sulfonamides is 1. The lowest BCUT2D eigenvalue weighted by atomic mass is 10.2. The zero-order valence-electron chi connectivity index (χ0n) is 17.0. The lowest BCUT2D eigenvalue weighted by Gasteiger charge is -2.28. The topological polar surface area (TPSA) is 57.7 Å². The van der Waals surface area contributed by atoms with Gasteiger partial charge < -0.3 is 4.90 Å². The fraction of sp³-hybridized carbons (Fsp3) is 0.174. The van der Waals surface area contributed by atoms with E-state index in [0.717, 1.165) is 9.87 Å². The number of hydrogen-bond acceptors (Lipinski definition) is 3. The molecule has 0 radical (unpaired) electrons. The highest BCUT2D eigenvalue weighted by Crippen LogP contribution is 2.30. The number of halogens is 1. The quantitative estimate of drug-likeness (QED) is 0.550. The first-order chi connectivity index (χ1) is 14.2. The number of likely N-dealkylation sites (N-methyl/N-ethyl adjacent to an activating group) is 1. The first-order valence-electron chi connectivity index (χ1n) is 9.37. The molecule has 0 spiro atoms. The summed E-state index contributed by atoms with van der Waals surface area (Å²) in [5.74, 6) is -0.365. The molecule has 1 amide bonds. The van der Waals surface area contributed by atoms with Gasteiger partial charge in [-0.1, -0.05) is 53.6 Å². The van der Waals surface area contributed by atoms with E-state index in [9.17, 15) is 13.2 Å². The van der Waals surface area contributed by atoms with E-state index in [1.807, 2.05) is 25.1 Å². The highest BCUT2D eigenvalue weighted by atomic mass is 35.5. The third kappa shape index (κ3) is 4.66. The molecule has 5 nitrogen and oxygen atoms in total. The molecule has 3 rings (SSSR count).